The molecule has 0 aromatic rings. The van der Waals surface area contributed by atoms with E-state index in [4.69, 9.17) is 5.84 Å². The summed E-state index contributed by atoms with van der Waals surface area (Å²) in [7, 11) is 0. The molecule has 0 bridgehead atoms. The molecule has 16 heavy (non-hydrogen) atoms. The molecule has 0 heterocycles. The van der Waals surface area contributed by atoms with Crippen LogP contribution in [0.2, 0.25) is 0 Å². The second-order valence-corrected chi connectivity index (χ2v) is 4.84. The van der Waals surface area contributed by atoms with Gasteiger partial charge in [-0.15, -0.1) is 11.8 Å². The van der Waals surface area contributed by atoms with Gasteiger partial charge in [-0.3, -0.25) is 11.3 Å². The second-order valence-electron chi connectivity index (χ2n) is 4.84. The molecule has 1 saturated carbocycles. The molecule has 1 aliphatic rings. The van der Waals surface area contributed by atoms with E-state index >= 15 is 0 Å². The van der Waals surface area contributed by atoms with Crippen molar-refractivity contribution in [2.75, 3.05) is 0 Å². The third-order valence-electron chi connectivity index (χ3n) is 3.69. The van der Waals surface area contributed by atoms with Crippen molar-refractivity contribution in [2.45, 2.75) is 70.8 Å². The lowest BCUT2D eigenvalue weighted by molar-refractivity contribution is 0.277. The molecule has 2 heteroatoms. The Kier molecular flexibility index (Phi) is 7.29. The normalized spacial score (nSPS) is 20.4. The molecule has 0 amide bonds. The van der Waals surface area contributed by atoms with Gasteiger partial charge in [0.15, 0.2) is 0 Å². The zero-order valence-electron chi connectivity index (χ0n) is 10.6. The zero-order chi connectivity index (χ0) is 11.6. The molecule has 1 rings (SSSR count). The second kappa shape index (κ2) is 8.61. The van der Waals surface area contributed by atoms with Crippen LogP contribution < -0.4 is 11.3 Å². The summed E-state index contributed by atoms with van der Waals surface area (Å²) in [5.74, 6) is 12.5. The summed E-state index contributed by atoms with van der Waals surface area (Å²) in [6.45, 7) is 1.90. The molecule has 0 spiro atoms. The molecule has 3 N–H and O–H groups in total. The van der Waals surface area contributed by atoms with E-state index in [1.54, 1.807) is 0 Å². The Bertz CT molecular complexity index is 219. The lowest BCUT2D eigenvalue weighted by Gasteiger charge is -2.27. The molecule has 1 fully saturated rings. The van der Waals surface area contributed by atoms with Crippen LogP contribution in [-0.2, 0) is 0 Å². The van der Waals surface area contributed by atoms with Crippen LogP contribution in [-0.4, -0.2) is 6.04 Å². The summed E-state index contributed by atoms with van der Waals surface area (Å²) in [6.07, 6.45) is 11.7. The van der Waals surface area contributed by atoms with Crippen molar-refractivity contribution in [3.05, 3.63) is 0 Å². The minimum absolute atomic E-state index is 0.471. The van der Waals surface area contributed by atoms with E-state index < -0.39 is 0 Å². The average molecular weight is 222 g/mol. The summed E-state index contributed by atoms with van der Waals surface area (Å²) >= 11 is 0. The number of hydrogen-bond donors (Lipinski definition) is 2. The first kappa shape index (κ1) is 13.5. The van der Waals surface area contributed by atoms with Crippen LogP contribution in [0.4, 0.5) is 0 Å². The van der Waals surface area contributed by atoms with Crippen molar-refractivity contribution in [2.24, 2.45) is 11.8 Å². The number of hydrazine groups is 1. The quantitative estimate of drug-likeness (QED) is 0.436. The SMILES string of the molecule is CC#CCCC(NN)C1CCCCCCC1. The van der Waals surface area contributed by atoms with Crippen LogP contribution in [0.15, 0.2) is 0 Å². The predicted molar refractivity (Wildman–Crippen MR) is 69.6 cm³/mol. The van der Waals surface area contributed by atoms with Gasteiger partial charge in [-0.25, -0.2) is 0 Å². The van der Waals surface area contributed by atoms with Gasteiger partial charge < -0.3 is 0 Å². The molecule has 2 nitrogen and oxygen atoms in total. The van der Waals surface area contributed by atoms with Crippen LogP contribution in [0.5, 0.6) is 0 Å². The fourth-order valence-electron chi connectivity index (χ4n) is 2.70. The van der Waals surface area contributed by atoms with Crippen molar-refractivity contribution in [3.63, 3.8) is 0 Å². The highest BCUT2D eigenvalue weighted by atomic mass is 15.2. The summed E-state index contributed by atoms with van der Waals surface area (Å²) in [5, 5.41) is 0. The molecule has 1 atom stereocenters. The molecule has 0 saturated heterocycles. The van der Waals surface area contributed by atoms with E-state index in [1.807, 2.05) is 6.92 Å². The third kappa shape index (κ3) is 5.01. The average Bonchev–Trinajstić information content (AvgIpc) is 2.25. The lowest BCUT2D eigenvalue weighted by atomic mass is 9.84. The maximum atomic E-state index is 5.68. The Morgan fingerprint density at radius 3 is 2.38 bits per heavy atom. The van der Waals surface area contributed by atoms with Crippen molar-refractivity contribution in [1.82, 2.24) is 5.43 Å². The number of rotatable bonds is 4. The van der Waals surface area contributed by atoms with Crippen LogP contribution in [0, 0.1) is 17.8 Å². The number of nitrogens with one attached hydrogen (secondary N) is 1. The Morgan fingerprint density at radius 2 is 1.81 bits per heavy atom. The highest BCUT2D eigenvalue weighted by molar-refractivity contribution is 4.96. The van der Waals surface area contributed by atoms with Gasteiger partial charge in [0.2, 0.25) is 0 Å². The molecule has 1 unspecified atom stereocenters. The van der Waals surface area contributed by atoms with Gasteiger partial charge in [-0.2, -0.15) is 0 Å². The standard InChI is InChI=1S/C14H26N2/c1-2-3-7-12-14(16-15)13-10-8-5-4-6-9-11-13/h13-14,16H,4-12,15H2,1H3. The monoisotopic (exact) mass is 222 g/mol. The van der Waals surface area contributed by atoms with Crippen LogP contribution in [0.3, 0.4) is 0 Å². The first-order valence-corrected chi connectivity index (χ1v) is 6.74. The van der Waals surface area contributed by atoms with Crippen molar-refractivity contribution < 1.29 is 0 Å². The maximum absolute atomic E-state index is 5.68. The highest BCUT2D eigenvalue weighted by Crippen LogP contribution is 2.26. The van der Waals surface area contributed by atoms with Gasteiger partial charge >= 0.3 is 0 Å². The van der Waals surface area contributed by atoms with E-state index in [-0.39, 0.29) is 0 Å². The first-order chi connectivity index (χ1) is 7.88. The topological polar surface area (TPSA) is 38.0 Å². The predicted octanol–water partition coefficient (Wildman–Crippen LogP) is 2.98. The lowest BCUT2D eigenvalue weighted by Crippen LogP contribution is -2.41. The largest absolute Gasteiger partial charge is 0.271 e. The molecular formula is C14H26N2. The molecule has 1 aliphatic carbocycles. The summed E-state index contributed by atoms with van der Waals surface area (Å²) in [6, 6.07) is 0.471. The van der Waals surface area contributed by atoms with Gasteiger partial charge in [0.25, 0.3) is 0 Å². The molecule has 92 valence electrons. The molecule has 0 aliphatic heterocycles. The number of hydrogen-bond acceptors (Lipinski definition) is 2. The van der Waals surface area contributed by atoms with E-state index in [9.17, 15) is 0 Å². The molecule has 0 radical (unpaired) electrons. The van der Waals surface area contributed by atoms with Crippen LogP contribution in [0.1, 0.15) is 64.7 Å². The van der Waals surface area contributed by atoms with Crippen molar-refractivity contribution in [1.29, 1.82) is 0 Å². The van der Waals surface area contributed by atoms with Gasteiger partial charge in [0, 0.05) is 12.5 Å². The van der Waals surface area contributed by atoms with Gasteiger partial charge in [-0.05, 0) is 32.1 Å². The van der Waals surface area contributed by atoms with E-state index in [0.717, 1.165) is 18.8 Å². The van der Waals surface area contributed by atoms with Crippen molar-refractivity contribution >= 4 is 0 Å². The summed E-state index contributed by atoms with van der Waals surface area (Å²) in [4.78, 5) is 0. The van der Waals surface area contributed by atoms with E-state index in [2.05, 4.69) is 17.3 Å². The van der Waals surface area contributed by atoms with Gasteiger partial charge in [0.1, 0.15) is 0 Å². The Labute approximate surface area is 100 Å². The highest BCUT2D eigenvalue weighted by Gasteiger charge is 2.20. The minimum atomic E-state index is 0.471. The minimum Gasteiger partial charge on any atom is -0.271 e. The van der Waals surface area contributed by atoms with Crippen molar-refractivity contribution in [3.8, 4) is 11.8 Å². The maximum Gasteiger partial charge on any atom is 0.0247 e. The Hall–Kier alpha value is -0.520. The Balaban J connectivity index is 2.37. The van der Waals surface area contributed by atoms with E-state index in [0.29, 0.717) is 6.04 Å². The van der Waals surface area contributed by atoms with Crippen LogP contribution in [0.25, 0.3) is 0 Å². The fraction of sp³-hybridized carbons (Fsp3) is 0.857. The summed E-state index contributed by atoms with van der Waals surface area (Å²) in [5.41, 5.74) is 3.01. The molecule has 0 aromatic heterocycles. The molecule has 0 aromatic carbocycles. The summed E-state index contributed by atoms with van der Waals surface area (Å²) < 4.78 is 0. The first-order valence-electron chi connectivity index (χ1n) is 6.74. The van der Waals surface area contributed by atoms with Gasteiger partial charge in [-0.1, -0.05) is 32.1 Å². The van der Waals surface area contributed by atoms with Gasteiger partial charge in [0.05, 0.1) is 0 Å². The van der Waals surface area contributed by atoms with E-state index in [1.165, 1.54) is 44.9 Å². The number of nitrogens with two attached hydrogens (primary N) is 1. The Morgan fingerprint density at radius 1 is 1.19 bits per heavy atom. The fourth-order valence-corrected chi connectivity index (χ4v) is 2.70. The molecular weight excluding hydrogens is 196 g/mol. The smallest absolute Gasteiger partial charge is 0.0247 e. The third-order valence-corrected chi connectivity index (χ3v) is 3.69. The van der Waals surface area contributed by atoms with Crippen LogP contribution >= 0.6 is 0 Å². The zero-order valence-corrected chi connectivity index (χ0v) is 10.6.